The van der Waals surface area contributed by atoms with E-state index in [0.29, 0.717) is 22.3 Å². The first-order valence-corrected chi connectivity index (χ1v) is 5.95. The van der Waals surface area contributed by atoms with Crippen LogP contribution in [0.1, 0.15) is 0 Å². The number of nitrogens with two attached hydrogens (primary N) is 1. The molecule has 16 heavy (non-hydrogen) atoms. The molecule has 0 atom stereocenters. The zero-order chi connectivity index (χ0) is 11.5. The standard InChI is InChI=1S/C11H8ClIN2O/c12-10-5-8(14)6-15-11(10)16-9-3-1-2-7(13)4-9/h1-6H,14H2. The minimum atomic E-state index is 0.359. The summed E-state index contributed by atoms with van der Waals surface area (Å²) in [5, 5.41) is 0.402. The minimum Gasteiger partial charge on any atom is -0.438 e. The third kappa shape index (κ3) is 2.76. The zero-order valence-electron chi connectivity index (χ0n) is 8.15. The van der Waals surface area contributed by atoms with E-state index < -0.39 is 0 Å². The topological polar surface area (TPSA) is 48.1 Å². The summed E-state index contributed by atoms with van der Waals surface area (Å²) in [7, 11) is 0. The molecule has 3 nitrogen and oxygen atoms in total. The molecule has 5 heteroatoms. The summed E-state index contributed by atoms with van der Waals surface area (Å²) in [4.78, 5) is 4.02. The van der Waals surface area contributed by atoms with Gasteiger partial charge in [-0.1, -0.05) is 17.7 Å². The number of hydrogen-bond donors (Lipinski definition) is 1. The Morgan fingerprint density at radius 1 is 1.31 bits per heavy atom. The second kappa shape index (κ2) is 4.88. The molecule has 1 heterocycles. The van der Waals surface area contributed by atoms with Crippen LogP contribution >= 0.6 is 34.2 Å². The smallest absolute Gasteiger partial charge is 0.238 e. The second-order valence-electron chi connectivity index (χ2n) is 3.12. The van der Waals surface area contributed by atoms with E-state index in [-0.39, 0.29) is 0 Å². The number of rotatable bonds is 2. The Hall–Kier alpha value is -1.01. The van der Waals surface area contributed by atoms with Crippen molar-refractivity contribution < 1.29 is 4.74 Å². The summed E-state index contributed by atoms with van der Waals surface area (Å²) in [5.41, 5.74) is 6.06. The number of aromatic nitrogens is 1. The first-order valence-electron chi connectivity index (χ1n) is 4.49. The Morgan fingerprint density at radius 2 is 2.12 bits per heavy atom. The first-order chi connectivity index (χ1) is 7.65. The Balaban J connectivity index is 2.27. The summed E-state index contributed by atoms with van der Waals surface area (Å²) in [6, 6.07) is 9.23. The molecule has 0 fully saturated rings. The van der Waals surface area contributed by atoms with E-state index in [0.717, 1.165) is 3.57 Å². The normalized spacial score (nSPS) is 10.1. The monoisotopic (exact) mass is 346 g/mol. The van der Waals surface area contributed by atoms with Crippen LogP contribution in [0.4, 0.5) is 5.69 Å². The Labute approximate surface area is 112 Å². The highest BCUT2D eigenvalue weighted by Gasteiger charge is 2.05. The molecule has 0 aliphatic heterocycles. The molecule has 0 spiro atoms. The number of hydrogen-bond acceptors (Lipinski definition) is 3. The minimum absolute atomic E-state index is 0.359. The fourth-order valence-corrected chi connectivity index (χ4v) is 1.89. The van der Waals surface area contributed by atoms with Crippen molar-refractivity contribution in [1.82, 2.24) is 4.98 Å². The summed E-state index contributed by atoms with van der Waals surface area (Å²) in [6.45, 7) is 0. The SMILES string of the molecule is Nc1cnc(Oc2cccc(I)c2)c(Cl)c1. The van der Waals surface area contributed by atoms with Crippen LogP contribution in [0.15, 0.2) is 36.5 Å². The van der Waals surface area contributed by atoms with Crippen LogP contribution in [0.3, 0.4) is 0 Å². The van der Waals surface area contributed by atoms with Crippen molar-refractivity contribution >= 4 is 39.9 Å². The average Bonchev–Trinajstić information content (AvgIpc) is 2.22. The summed E-state index contributed by atoms with van der Waals surface area (Å²) in [5.74, 6) is 1.06. The fourth-order valence-electron chi connectivity index (χ4n) is 1.16. The van der Waals surface area contributed by atoms with Crippen LogP contribution in [-0.4, -0.2) is 4.98 Å². The molecule has 0 saturated carbocycles. The quantitative estimate of drug-likeness (QED) is 0.843. The lowest BCUT2D eigenvalue weighted by molar-refractivity contribution is 0.463. The molecule has 0 radical (unpaired) electrons. The molecule has 0 aliphatic carbocycles. The predicted molar refractivity (Wildman–Crippen MR) is 72.9 cm³/mol. The third-order valence-electron chi connectivity index (χ3n) is 1.84. The van der Waals surface area contributed by atoms with Gasteiger partial charge in [-0.2, -0.15) is 0 Å². The van der Waals surface area contributed by atoms with Gasteiger partial charge in [0.2, 0.25) is 5.88 Å². The Kier molecular flexibility index (Phi) is 3.50. The third-order valence-corrected chi connectivity index (χ3v) is 2.78. The second-order valence-corrected chi connectivity index (χ2v) is 4.77. The maximum absolute atomic E-state index is 5.95. The van der Waals surface area contributed by atoms with Crippen LogP contribution < -0.4 is 10.5 Å². The van der Waals surface area contributed by atoms with Gasteiger partial charge in [-0.15, -0.1) is 0 Å². The first kappa shape index (κ1) is 11.5. The van der Waals surface area contributed by atoms with E-state index in [4.69, 9.17) is 22.1 Å². The lowest BCUT2D eigenvalue weighted by atomic mass is 10.3. The van der Waals surface area contributed by atoms with Crippen LogP contribution in [-0.2, 0) is 0 Å². The highest BCUT2D eigenvalue weighted by atomic mass is 127. The Bertz CT molecular complexity index is 519. The van der Waals surface area contributed by atoms with Crippen LogP contribution in [0.25, 0.3) is 0 Å². The molecular formula is C11H8ClIN2O. The number of anilines is 1. The average molecular weight is 347 g/mol. The number of benzene rings is 1. The molecule has 0 aliphatic rings. The van der Waals surface area contributed by atoms with Gasteiger partial charge in [0.25, 0.3) is 0 Å². The molecule has 2 aromatic rings. The molecule has 1 aromatic heterocycles. The predicted octanol–water partition coefficient (Wildman–Crippen LogP) is 3.71. The molecule has 0 bridgehead atoms. The maximum Gasteiger partial charge on any atom is 0.238 e. The summed E-state index contributed by atoms with van der Waals surface area (Å²) < 4.78 is 6.63. The lowest BCUT2D eigenvalue weighted by Crippen LogP contribution is -1.92. The van der Waals surface area contributed by atoms with E-state index >= 15 is 0 Å². The largest absolute Gasteiger partial charge is 0.438 e. The van der Waals surface area contributed by atoms with E-state index in [1.807, 2.05) is 24.3 Å². The number of nitrogens with zero attached hydrogens (tertiary/aromatic N) is 1. The van der Waals surface area contributed by atoms with Gasteiger partial charge in [0.15, 0.2) is 0 Å². The number of ether oxygens (including phenoxy) is 1. The van der Waals surface area contributed by atoms with E-state index in [1.54, 1.807) is 6.07 Å². The van der Waals surface area contributed by atoms with Crippen molar-refractivity contribution in [2.45, 2.75) is 0 Å². The van der Waals surface area contributed by atoms with Crippen LogP contribution in [0.2, 0.25) is 5.02 Å². The molecule has 0 amide bonds. The maximum atomic E-state index is 5.95. The molecule has 2 N–H and O–H groups in total. The van der Waals surface area contributed by atoms with Gasteiger partial charge in [-0.25, -0.2) is 4.98 Å². The highest BCUT2D eigenvalue weighted by Crippen LogP contribution is 2.28. The summed E-state index contributed by atoms with van der Waals surface area (Å²) in [6.07, 6.45) is 1.51. The van der Waals surface area contributed by atoms with E-state index in [2.05, 4.69) is 27.6 Å². The number of halogens is 2. The molecule has 0 saturated heterocycles. The van der Waals surface area contributed by atoms with Crippen LogP contribution in [0.5, 0.6) is 11.6 Å². The van der Waals surface area contributed by atoms with Crippen molar-refractivity contribution in [3.05, 3.63) is 45.1 Å². The van der Waals surface area contributed by atoms with Gasteiger partial charge < -0.3 is 10.5 Å². The zero-order valence-corrected chi connectivity index (χ0v) is 11.1. The van der Waals surface area contributed by atoms with Gasteiger partial charge in [0.1, 0.15) is 10.8 Å². The van der Waals surface area contributed by atoms with Crippen molar-refractivity contribution in [3.8, 4) is 11.6 Å². The molecule has 82 valence electrons. The summed E-state index contributed by atoms with van der Waals surface area (Å²) >= 11 is 8.16. The van der Waals surface area contributed by atoms with Crippen LogP contribution in [0, 0.1) is 3.57 Å². The van der Waals surface area contributed by atoms with Gasteiger partial charge in [-0.3, -0.25) is 0 Å². The van der Waals surface area contributed by atoms with E-state index in [1.165, 1.54) is 6.20 Å². The van der Waals surface area contributed by atoms with Gasteiger partial charge >= 0.3 is 0 Å². The Morgan fingerprint density at radius 3 is 2.81 bits per heavy atom. The highest BCUT2D eigenvalue weighted by molar-refractivity contribution is 14.1. The lowest BCUT2D eigenvalue weighted by Gasteiger charge is -2.06. The molecule has 2 rings (SSSR count). The molecular weight excluding hydrogens is 338 g/mol. The van der Waals surface area contributed by atoms with Gasteiger partial charge in [0.05, 0.1) is 11.9 Å². The van der Waals surface area contributed by atoms with E-state index in [9.17, 15) is 0 Å². The molecule has 1 aromatic carbocycles. The fraction of sp³-hybridized carbons (Fsp3) is 0. The van der Waals surface area contributed by atoms with Gasteiger partial charge in [0, 0.05) is 3.57 Å². The van der Waals surface area contributed by atoms with Gasteiger partial charge in [-0.05, 0) is 46.9 Å². The van der Waals surface area contributed by atoms with Crippen molar-refractivity contribution in [3.63, 3.8) is 0 Å². The number of pyridine rings is 1. The molecule has 0 unspecified atom stereocenters. The van der Waals surface area contributed by atoms with Crippen molar-refractivity contribution in [2.75, 3.05) is 5.73 Å². The van der Waals surface area contributed by atoms with Crippen molar-refractivity contribution in [2.24, 2.45) is 0 Å². The number of nitrogen functional groups attached to an aromatic ring is 1. The van der Waals surface area contributed by atoms with Crippen molar-refractivity contribution in [1.29, 1.82) is 0 Å².